The fraction of sp³-hybridized carbons (Fsp3) is 0.800. The highest BCUT2D eigenvalue weighted by molar-refractivity contribution is 5.81. The average molecular weight is 115 g/mol. The van der Waals surface area contributed by atoms with E-state index in [-0.39, 0.29) is 17.9 Å². The van der Waals surface area contributed by atoms with Crippen LogP contribution in [0.15, 0.2) is 0 Å². The highest BCUT2D eigenvalue weighted by Crippen LogP contribution is 2.29. The van der Waals surface area contributed by atoms with Gasteiger partial charge in [0.05, 0.1) is 12.0 Å². The van der Waals surface area contributed by atoms with Crippen LogP contribution in [0.5, 0.6) is 0 Å². The van der Waals surface area contributed by atoms with E-state index in [1.54, 1.807) is 7.05 Å². The first-order chi connectivity index (χ1) is 3.75. The molecule has 0 saturated heterocycles. The van der Waals surface area contributed by atoms with E-state index >= 15 is 0 Å². The fourth-order valence-corrected chi connectivity index (χ4v) is 0.649. The molecule has 2 N–H and O–H groups in total. The van der Waals surface area contributed by atoms with Crippen molar-refractivity contribution in [1.82, 2.24) is 5.32 Å². The van der Waals surface area contributed by atoms with Gasteiger partial charge in [0.25, 0.3) is 0 Å². The van der Waals surface area contributed by atoms with Crippen LogP contribution in [0.3, 0.4) is 0 Å². The molecule has 0 heterocycles. The Labute approximate surface area is 47.7 Å². The quantitative estimate of drug-likeness (QED) is 0.466. The van der Waals surface area contributed by atoms with Crippen LogP contribution in [0, 0.1) is 5.92 Å². The summed E-state index contributed by atoms with van der Waals surface area (Å²) in [5.41, 5.74) is 0. The predicted octanol–water partition coefficient (Wildman–Crippen LogP) is -0.887. The number of aliphatic hydroxyl groups is 1. The number of aliphatic hydroxyl groups excluding tert-OH is 1. The van der Waals surface area contributed by atoms with Crippen molar-refractivity contribution in [3.63, 3.8) is 0 Å². The zero-order chi connectivity index (χ0) is 6.15. The summed E-state index contributed by atoms with van der Waals surface area (Å²) in [5, 5.41) is 11.1. The van der Waals surface area contributed by atoms with Crippen molar-refractivity contribution in [1.29, 1.82) is 0 Å². The Morgan fingerprint density at radius 3 is 2.50 bits per heavy atom. The van der Waals surface area contributed by atoms with Gasteiger partial charge in [-0.15, -0.1) is 0 Å². The van der Waals surface area contributed by atoms with Gasteiger partial charge in [-0.3, -0.25) is 4.79 Å². The van der Waals surface area contributed by atoms with Gasteiger partial charge in [-0.25, -0.2) is 0 Å². The smallest absolute Gasteiger partial charge is 0.225 e. The van der Waals surface area contributed by atoms with Crippen molar-refractivity contribution in [2.24, 2.45) is 5.92 Å². The number of rotatable bonds is 1. The van der Waals surface area contributed by atoms with Gasteiger partial charge in [-0.2, -0.15) is 0 Å². The molecule has 1 saturated carbocycles. The molecule has 0 aromatic heterocycles. The van der Waals surface area contributed by atoms with Gasteiger partial charge in [-0.05, 0) is 6.42 Å². The van der Waals surface area contributed by atoms with Crippen molar-refractivity contribution < 1.29 is 9.90 Å². The minimum Gasteiger partial charge on any atom is -0.392 e. The molecule has 1 aliphatic rings. The van der Waals surface area contributed by atoms with E-state index in [0.717, 1.165) is 0 Å². The van der Waals surface area contributed by atoms with Gasteiger partial charge in [0.2, 0.25) is 5.91 Å². The Bertz CT molecular complexity index is 113. The molecule has 0 bridgehead atoms. The topological polar surface area (TPSA) is 49.3 Å². The molecular formula is C5H9NO2. The number of nitrogens with one attached hydrogen (secondary N) is 1. The van der Waals surface area contributed by atoms with E-state index in [0.29, 0.717) is 6.42 Å². The average Bonchev–Trinajstić information content (AvgIpc) is 2.45. The zero-order valence-electron chi connectivity index (χ0n) is 4.72. The molecule has 1 fully saturated rings. The van der Waals surface area contributed by atoms with Crippen molar-refractivity contribution >= 4 is 5.91 Å². The molecule has 0 spiro atoms. The lowest BCUT2D eigenvalue weighted by atomic mass is 10.4. The second-order valence-corrected chi connectivity index (χ2v) is 2.02. The second kappa shape index (κ2) is 1.74. The standard InChI is InChI=1S/C5H9NO2/c1-6-5(8)3-2-4(3)7/h3-4,7H,2H2,1H3,(H,6,8). The van der Waals surface area contributed by atoms with Gasteiger partial charge in [0.1, 0.15) is 0 Å². The first kappa shape index (κ1) is 5.56. The third kappa shape index (κ3) is 0.816. The highest BCUT2D eigenvalue weighted by atomic mass is 16.3. The monoisotopic (exact) mass is 115 g/mol. The second-order valence-electron chi connectivity index (χ2n) is 2.02. The van der Waals surface area contributed by atoms with Crippen LogP contribution >= 0.6 is 0 Å². The Kier molecular flexibility index (Phi) is 1.21. The lowest BCUT2D eigenvalue weighted by Gasteiger charge is -1.91. The molecule has 1 amide bonds. The molecule has 3 heteroatoms. The predicted molar refractivity (Wildman–Crippen MR) is 28.2 cm³/mol. The van der Waals surface area contributed by atoms with Crippen molar-refractivity contribution in [3.8, 4) is 0 Å². The third-order valence-electron chi connectivity index (χ3n) is 1.34. The maximum atomic E-state index is 10.5. The summed E-state index contributed by atoms with van der Waals surface area (Å²) in [6, 6.07) is 0. The van der Waals surface area contributed by atoms with Crippen LogP contribution in [0.1, 0.15) is 6.42 Å². The molecule has 8 heavy (non-hydrogen) atoms. The molecule has 1 aliphatic carbocycles. The maximum absolute atomic E-state index is 10.5. The Balaban J connectivity index is 2.28. The van der Waals surface area contributed by atoms with Crippen LogP contribution in [-0.2, 0) is 4.79 Å². The zero-order valence-corrected chi connectivity index (χ0v) is 4.72. The minimum absolute atomic E-state index is 0.0440. The first-order valence-corrected chi connectivity index (χ1v) is 2.65. The molecule has 0 aromatic rings. The van der Waals surface area contributed by atoms with Crippen molar-refractivity contribution in [2.75, 3.05) is 7.05 Å². The maximum Gasteiger partial charge on any atom is 0.225 e. The lowest BCUT2D eigenvalue weighted by molar-refractivity contribution is -0.122. The summed E-state index contributed by atoms with van der Waals surface area (Å²) in [6.45, 7) is 0. The third-order valence-corrected chi connectivity index (χ3v) is 1.34. The summed E-state index contributed by atoms with van der Waals surface area (Å²) < 4.78 is 0. The lowest BCUT2D eigenvalue weighted by Crippen LogP contribution is -2.21. The van der Waals surface area contributed by atoms with E-state index in [2.05, 4.69) is 5.32 Å². The van der Waals surface area contributed by atoms with Crippen LogP contribution in [-0.4, -0.2) is 24.2 Å². The largest absolute Gasteiger partial charge is 0.392 e. The van der Waals surface area contributed by atoms with Crippen LogP contribution < -0.4 is 5.32 Å². The SMILES string of the molecule is CNC(=O)C1CC1O. The van der Waals surface area contributed by atoms with E-state index in [9.17, 15) is 4.79 Å². The molecular weight excluding hydrogens is 106 g/mol. The fourth-order valence-electron chi connectivity index (χ4n) is 0.649. The van der Waals surface area contributed by atoms with Crippen LogP contribution in [0.4, 0.5) is 0 Å². The molecule has 1 rings (SSSR count). The Hall–Kier alpha value is -0.570. The first-order valence-electron chi connectivity index (χ1n) is 2.65. The van der Waals surface area contributed by atoms with Crippen LogP contribution in [0.25, 0.3) is 0 Å². The summed E-state index contributed by atoms with van der Waals surface area (Å²) in [5.74, 6) is -0.155. The Morgan fingerprint density at radius 2 is 2.38 bits per heavy atom. The minimum atomic E-state index is -0.366. The van der Waals surface area contributed by atoms with Gasteiger partial charge in [0, 0.05) is 7.05 Å². The summed E-state index contributed by atoms with van der Waals surface area (Å²) >= 11 is 0. The molecule has 2 unspecified atom stereocenters. The van der Waals surface area contributed by atoms with Gasteiger partial charge in [-0.1, -0.05) is 0 Å². The number of amides is 1. The number of hydrogen-bond acceptors (Lipinski definition) is 2. The molecule has 2 atom stereocenters. The van der Waals surface area contributed by atoms with E-state index in [1.165, 1.54) is 0 Å². The number of hydrogen-bond donors (Lipinski definition) is 2. The van der Waals surface area contributed by atoms with Gasteiger partial charge in [0.15, 0.2) is 0 Å². The number of carbonyl (C=O) groups excluding carboxylic acids is 1. The van der Waals surface area contributed by atoms with Crippen LogP contribution in [0.2, 0.25) is 0 Å². The highest BCUT2D eigenvalue weighted by Gasteiger charge is 2.40. The molecule has 3 nitrogen and oxygen atoms in total. The van der Waals surface area contributed by atoms with E-state index in [4.69, 9.17) is 5.11 Å². The van der Waals surface area contributed by atoms with E-state index in [1.807, 2.05) is 0 Å². The summed E-state index contributed by atoms with van der Waals surface area (Å²) in [7, 11) is 1.58. The summed E-state index contributed by atoms with van der Waals surface area (Å²) in [4.78, 5) is 10.5. The van der Waals surface area contributed by atoms with Crippen molar-refractivity contribution in [2.45, 2.75) is 12.5 Å². The Morgan fingerprint density at radius 1 is 1.88 bits per heavy atom. The normalized spacial score (nSPS) is 34.2. The molecule has 0 aromatic carbocycles. The summed E-state index contributed by atoms with van der Waals surface area (Å²) in [6.07, 6.45) is 0.273. The van der Waals surface area contributed by atoms with E-state index < -0.39 is 0 Å². The molecule has 0 radical (unpaired) electrons. The van der Waals surface area contributed by atoms with Crippen molar-refractivity contribution in [3.05, 3.63) is 0 Å². The van der Waals surface area contributed by atoms with Gasteiger partial charge >= 0.3 is 0 Å². The number of carbonyl (C=O) groups is 1. The van der Waals surface area contributed by atoms with Gasteiger partial charge < -0.3 is 10.4 Å². The molecule has 0 aliphatic heterocycles. The molecule has 46 valence electrons.